The van der Waals surface area contributed by atoms with Crippen LogP contribution in [0, 0.1) is 10.1 Å². The third-order valence-corrected chi connectivity index (χ3v) is 4.74. The number of nitrogens with zero attached hydrogens (tertiary/aromatic N) is 3. The number of carbonyl (C=O) groups excluding carboxylic acids is 1. The number of nitro benzene ring substituents is 1. The van der Waals surface area contributed by atoms with Crippen molar-refractivity contribution in [2.24, 2.45) is 5.73 Å². The Hall–Kier alpha value is -2.72. The van der Waals surface area contributed by atoms with Crippen molar-refractivity contribution in [3.63, 3.8) is 0 Å². The van der Waals surface area contributed by atoms with Gasteiger partial charge in [0.2, 0.25) is 11.8 Å². The van der Waals surface area contributed by atoms with E-state index in [1.54, 1.807) is 6.07 Å². The topological polar surface area (TPSA) is 125 Å². The Labute approximate surface area is 153 Å². The highest BCUT2D eigenvalue weighted by Gasteiger charge is 2.20. The number of aromatic nitrogens is 2. The van der Waals surface area contributed by atoms with Crippen LogP contribution in [-0.4, -0.2) is 21.0 Å². The Balaban J connectivity index is 1.92. The number of rotatable bonds is 5. The first-order valence-corrected chi connectivity index (χ1v) is 8.41. The van der Waals surface area contributed by atoms with Crippen LogP contribution in [0.3, 0.4) is 0 Å². The summed E-state index contributed by atoms with van der Waals surface area (Å²) in [6.07, 6.45) is 0. The lowest BCUT2D eigenvalue weighted by Gasteiger charge is -2.01. The molecule has 25 heavy (non-hydrogen) atoms. The summed E-state index contributed by atoms with van der Waals surface area (Å²) in [6, 6.07) is 11.3. The third-order valence-electron chi connectivity index (χ3n) is 3.15. The third kappa shape index (κ3) is 3.69. The van der Waals surface area contributed by atoms with Gasteiger partial charge in [0.05, 0.1) is 15.4 Å². The van der Waals surface area contributed by atoms with Gasteiger partial charge in [0, 0.05) is 16.1 Å². The van der Waals surface area contributed by atoms with Gasteiger partial charge in [0.1, 0.15) is 0 Å². The Morgan fingerprint density at radius 3 is 2.68 bits per heavy atom. The van der Waals surface area contributed by atoms with Crippen LogP contribution in [0.2, 0.25) is 0 Å². The lowest BCUT2D eigenvalue weighted by Crippen LogP contribution is -2.11. The molecule has 1 heterocycles. The Kier molecular flexibility index (Phi) is 4.81. The minimum Gasteiger partial charge on any atom is -0.411 e. The van der Waals surface area contributed by atoms with Crippen molar-refractivity contribution in [2.75, 3.05) is 0 Å². The number of benzene rings is 2. The van der Waals surface area contributed by atoms with Gasteiger partial charge in [-0.25, -0.2) is 0 Å². The van der Waals surface area contributed by atoms with Crippen LogP contribution < -0.4 is 5.73 Å². The van der Waals surface area contributed by atoms with Crippen molar-refractivity contribution in [1.82, 2.24) is 10.2 Å². The molecule has 1 amide bonds. The zero-order valence-electron chi connectivity index (χ0n) is 12.4. The lowest BCUT2D eigenvalue weighted by atomic mass is 10.2. The second kappa shape index (κ2) is 7.03. The number of carbonyl (C=O) groups is 1. The van der Waals surface area contributed by atoms with E-state index in [0.29, 0.717) is 5.56 Å². The van der Waals surface area contributed by atoms with Crippen LogP contribution in [0.4, 0.5) is 5.69 Å². The Bertz CT molecular complexity index is 976. The van der Waals surface area contributed by atoms with Gasteiger partial charge in [-0.05, 0) is 52.0 Å². The zero-order chi connectivity index (χ0) is 18.0. The highest BCUT2D eigenvalue weighted by atomic mass is 79.9. The molecule has 0 aliphatic rings. The fraction of sp³-hybridized carbons (Fsp3) is 0. The Morgan fingerprint density at radius 1 is 1.24 bits per heavy atom. The number of primary amides is 1. The molecular formula is C15H9BrN4O4S. The average Bonchev–Trinajstić information content (AvgIpc) is 3.03. The van der Waals surface area contributed by atoms with Crippen molar-refractivity contribution >= 4 is 39.3 Å². The fourth-order valence-corrected chi connectivity index (χ4v) is 3.21. The quantitative estimate of drug-likeness (QED) is 0.492. The molecule has 0 fully saturated rings. The maximum atomic E-state index is 11.2. The molecule has 3 rings (SSSR count). The molecule has 0 bridgehead atoms. The van der Waals surface area contributed by atoms with Crippen LogP contribution in [-0.2, 0) is 0 Å². The molecule has 0 saturated heterocycles. The molecule has 2 N–H and O–H groups in total. The summed E-state index contributed by atoms with van der Waals surface area (Å²) in [6.45, 7) is 0. The van der Waals surface area contributed by atoms with Gasteiger partial charge in [-0.3, -0.25) is 14.9 Å². The van der Waals surface area contributed by atoms with E-state index >= 15 is 0 Å². The lowest BCUT2D eigenvalue weighted by molar-refractivity contribution is -0.387. The predicted molar refractivity (Wildman–Crippen MR) is 93.2 cm³/mol. The van der Waals surface area contributed by atoms with Crippen LogP contribution in [0.1, 0.15) is 10.4 Å². The maximum Gasteiger partial charge on any atom is 0.284 e. The smallest absolute Gasteiger partial charge is 0.284 e. The van der Waals surface area contributed by atoms with E-state index in [4.69, 9.17) is 10.2 Å². The molecule has 0 spiro atoms. The van der Waals surface area contributed by atoms with Crippen molar-refractivity contribution in [3.8, 4) is 11.5 Å². The first-order valence-electron chi connectivity index (χ1n) is 6.80. The molecule has 1 aromatic heterocycles. The molecule has 2 aromatic carbocycles. The number of hydrogen-bond acceptors (Lipinski definition) is 7. The predicted octanol–water partition coefficient (Wildman–Crippen LogP) is 3.66. The average molecular weight is 421 g/mol. The zero-order valence-corrected chi connectivity index (χ0v) is 14.8. The second-order valence-corrected chi connectivity index (χ2v) is 6.61. The van der Waals surface area contributed by atoms with Crippen LogP contribution in [0.15, 0.2) is 61.5 Å². The van der Waals surface area contributed by atoms with Crippen molar-refractivity contribution in [1.29, 1.82) is 0 Å². The van der Waals surface area contributed by atoms with Gasteiger partial charge in [-0.1, -0.05) is 12.1 Å². The molecule has 126 valence electrons. The molecule has 0 aliphatic heterocycles. The van der Waals surface area contributed by atoms with Crippen LogP contribution in [0.5, 0.6) is 0 Å². The van der Waals surface area contributed by atoms with Gasteiger partial charge in [-0.15, -0.1) is 10.2 Å². The summed E-state index contributed by atoms with van der Waals surface area (Å²) in [4.78, 5) is 22.1. The minimum absolute atomic E-state index is 0.0514. The summed E-state index contributed by atoms with van der Waals surface area (Å²) in [7, 11) is 0. The molecule has 0 atom stereocenters. The van der Waals surface area contributed by atoms with Gasteiger partial charge in [0.25, 0.3) is 10.9 Å². The first kappa shape index (κ1) is 17.1. The van der Waals surface area contributed by atoms with Gasteiger partial charge in [0.15, 0.2) is 0 Å². The fourth-order valence-electron chi connectivity index (χ4n) is 1.99. The first-order chi connectivity index (χ1) is 12.0. The summed E-state index contributed by atoms with van der Waals surface area (Å²) in [5, 5.41) is 19.2. The van der Waals surface area contributed by atoms with E-state index in [9.17, 15) is 14.9 Å². The summed E-state index contributed by atoms with van der Waals surface area (Å²) >= 11 is 4.33. The molecule has 0 aliphatic carbocycles. The van der Waals surface area contributed by atoms with E-state index in [-0.39, 0.29) is 27.3 Å². The molecule has 3 aromatic rings. The van der Waals surface area contributed by atoms with Crippen LogP contribution in [0.25, 0.3) is 11.5 Å². The number of amides is 1. The molecule has 0 saturated carbocycles. The van der Waals surface area contributed by atoms with Crippen molar-refractivity contribution in [2.45, 2.75) is 10.1 Å². The highest BCUT2D eigenvalue weighted by molar-refractivity contribution is 9.10. The summed E-state index contributed by atoms with van der Waals surface area (Å²) < 4.78 is 6.35. The van der Waals surface area contributed by atoms with Crippen molar-refractivity contribution < 1.29 is 14.1 Å². The number of nitrogens with two attached hydrogens (primary N) is 1. The number of halogens is 1. The Morgan fingerprint density at radius 2 is 2.00 bits per heavy atom. The van der Waals surface area contributed by atoms with Gasteiger partial charge >= 0.3 is 0 Å². The molecular weight excluding hydrogens is 412 g/mol. The van der Waals surface area contributed by atoms with E-state index in [0.717, 1.165) is 22.3 Å². The maximum absolute atomic E-state index is 11.2. The molecule has 0 radical (unpaired) electrons. The number of hydrogen-bond donors (Lipinski definition) is 1. The van der Waals surface area contributed by atoms with E-state index < -0.39 is 10.8 Å². The standard InChI is InChI=1S/C15H9BrN4O4S/c16-10-4-2-1-3-9(10)14-18-19-15(24-14)25-12-6-5-8(13(17)21)7-11(12)20(22)23/h1-7H,(H2,17,21). The molecule has 10 heteroatoms. The van der Waals surface area contributed by atoms with Gasteiger partial charge < -0.3 is 10.2 Å². The largest absolute Gasteiger partial charge is 0.411 e. The second-order valence-electron chi connectivity index (χ2n) is 4.76. The minimum atomic E-state index is -0.742. The van der Waals surface area contributed by atoms with E-state index in [1.807, 2.05) is 18.2 Å². The van der Waals surface area contributed by atoms with Crippen LogP contribution >= 0.6 is 27.7 Å². The van der Waals surface area contributed by atoms with Gasteiger partial charge in [-0.2, -0.15) is 0 Å². The molecule has 0 unspecified atom stereocenters. The van der Waals surface area contributed by atoms with Crippen molar-refractivity contribution in [3.05, 3.63) is 62.6 Å². The normalized spacial score (nSPS) is 10.6. The highest BCUT2D eigenvalue weighted by Crippen LogP contribution is 2.36. The summed E-state index contributed by atoms with van der Waals surface area (Å²) in [5.74, 6) is -0.458. The number of nitro groups is 1. The van der Waals surface area contributed by atoms with E-state index in [1.165, 1.54) is 12.1 Å². The SMILES string of the molecule is NC(=O)c1ccc(Sc2nnc(-c3ccccc3Br)o2)c([N+](=O)[O-])c1. The monoisotopic (exact) mass is 420 g/mol. The van der Waals surface area contributed by atoms with E-state index in [2.05, 4.69) is 26.1 Å². The summed E-state index contributed by atoms with van der Waals surface area (Å²) in [5.41, 5.74) is 5.65. The molecule has 8 nitrogen and oxygen atoms in total.